The average Bonchev–Trinajstić information content (AvgIpc) is 4.01. The van der Waals surface area contributed by atoms with Gasteiger partial charge in [0, 0.05) is 29.2 Å². The molecule has 13 nitrogen and oxygen atoms in total. The molecule has 1 amide bonds. The molecule has 0 radical (unpaired) electrons. The summed E-state index contributed by atoms with van der Waals surface area (Å²) in [4.78, 5) is 31.4. The maximum Gasteiger partial charge on any atom is 0.410 e. The minimum atomic E-state index is -0.581. The number of nitrogens with one attached hydrogen (secondary N) is 2. The van der Waals surface area contributed by atoms with Crippen molar-refractivity contribution in [3.8, 4) is 45.1 Å². The predicted octanol–water partition coefficient (Wildman–Crippen LogP) is 7.70. The van der Waals surface area contributed by atoms with Gasteiger partial charge in [0.1, 0.15) is 42.0 Å². The van der Waals surface area contributed by atoms with Crippen LogP contribution in [0.3, 0.4) is 0 Å². The van der Waals surface area contributed by atoms with Crippen molar-refractivity contribution in [1.29, 1.82) is 0 Å². The number of hydrogen-bond acceptors (Lipinski definition) is 10. The molecular formula is C42H55N5O8. The minimum Gasteiger partial charge on any atom is -0.491 e. The topological polar surface area (TPSA) is 142 Å². The number of fused-ring (bicyclic) bond motifs is 4. The number of amides is 1. The van der Waals surface area contributed by atoms with Crippen LogP contribution in [0.1, 0.15) is 82.9 Å². The summed E-state index contributed by atoms with van der Waals surface area (Å²) in [6.07, 6.45) is 9.94. The Morgan fingerprint density at radius 1 is 0.673 bits per heavy atom. The number of rotatable bonds is 4. The highest BCUT2D eigenvalue weighted by Crippen LogP contribution is 2.41. The second-order valence-electron chi connectivity index (χ2n) is 15.2. The Bertz CT molecular complexity index is 1850. The Morgan fingerprint density at radius 3 is 1.89 bits per heavy atom. The zero-order valence-corrected chi connectivity index (χ0v) is 32.4. The Labute approximate surface area is 323 Å². The van der Waals surface area contributed by atoms with Gasteiger partial charge in [-0.3, -0.25) is 4.90 Å². The Kier molecular flexibility index (Phi) is 13.0. The van der Waals surface area contributed by atoms with Crippen molar-refractivity contribution in [2.24, 2.45) is 0 Å². The molecule has 2 fully saturated rings. The van der Waals surface area contributed by atoms with Gasteiger partial charge in [0.25, 0.3) is 0 Å². The van der Waals surface area contributed by atoms with Gasteiger partial charge >= 0.3 is 6.09 Å². The van der Waals surface area contributed by atoms with Gasteiger partial charge in [0.2, 0.25) is 0 Å². The van der Waals surface area contributed by atoms with E-state index in [-0.39, 0.29) is 12.1 Å². The summed E-state index contributed by atoms with van der Waals surface area (Å²) in [5.41, 5.74) is 4.87. The molecule has 1 saturated heterocycles. The summed E-state index contributed by atoms with van der Waals surface area (Å²) in [6.45, 7) is 10.6. The van der Waals surface area contributed by atoms with Crippen molar-refractivity contribution in [1.82, 2.24) is 24.8 Å². The number of carbonyl (C=O) groups is 1. The monoisotopic (exact) mass is 757 g/mol. The highest BCUT2D eigenvalue weighted by Gasteiger charge is 2.35. The van der Waals surface area contributed by atoms with Crippen LogP contribution < -0.4 is 9.47 Å². The quantitative estimate of drug-likeness (QED) is 0.213. The van der Waals surface area contributed by atoms with Crippen LogP contribution >= 0.6 is 0 Å². The van der Waals surface area contributed by atoms with Crippen molar-refractivity contribution in [2.45, 2.75) is 76.9 Å². The molecule has 2 aromatic heterocycles. The molecule has 0 spiro atoms. The predicted molar refractivity (Wildman–Crippen MR) is 207 cm³/mol. The zero-order valence-electron chi connectivity index (χ0n) is 32.4. The largest absolute Gasteiger partial charge is 0.491 e. The number of hydrogen-bond donors (Lipinski definition) is 2. The molecular weight excluding hydrogens is 702 g/mol. The van der Waals surface area contributed by atoms with Crippen LogP contribution in [0, 0.1) is 0 Å². The second kappa shape index (κ2) is 18.5. The molecule has 2 aromatic carbocycles. The first-order valence-corrected chi connectivity index (χ1v) is 19.8. The van der Waals surface area contributed by atoms with Crippen LogP contribution in [-0.2, 0) is 23.7 Å². The molecule has 2 aliphatic heterocycles. The van der Waals surface area contributed by atoms with E-state index in [1.165, 1.54) is 25.7 Å². The fourth-order valence-corrected chi connectivity index (χ4v) is 7.39. The normalized spacial score (nSPS) is 19.9. The van der Waals surface area contributed by atoms with E-state index in [9.17, 15) is 4.79 Å². The van der Waals surface area contributed by atoms with Crippen molar-refractivity contribution in [2.75, 3.05) is 72.6 Å². The molecule has 296 valence electrons. The van der Waals surface area contributed by atoms with E-state index in [1.807, 2.05) is 39.1 Å². The summed E-state index contributed by atoms with van der Waals surface area (Å²) in [5.74, 6) is 3.66. The number of carbonyl (C=O) groups excluding carboxylic acids is 1. The average molecular weight is 758 g/mol. The van der Waals surface area contributed by atoms with Crippen molar-refractivity contribution in [3.63, 3.8) is 0 Å². The summed E-state index contributed by atoms with van der Waals surface area (Å²) in [7, 11) is 0. The van der Waals surface area contributed by atoms with Crippen LogP contribution in [-0.4, -0.2) is 109 Å². The van der Waals surface area contributed by atoms with Gasteiger partial charge in [-0.2, -0.15) is 0 Å². The van der Waals surface area contributed by atoms with Gasteiger partial charge in [-0.1, -0.05) is 25.0 Å². The first-order chi connectivity index (χ1) is 26.8. The number of likely N-dealkylation sites (tertiary alicyclic amines) is 1. The first kappa shape index (κ1) is 38.8. The van der Waals surface area contributed by atoms with Crippen LogP contribution in [0.2, 0.25) is 0 Å². The van der Waals surface area contributed by atoms with Gasteiger partial charge in [-0.25, -0.2) is 14.8 Å². The highest BCUT2D eigenvalue weighted by atomic mass is 16.6. The molecule has 4 heterocycles. The third-order valence-electron chi connectivity index (χ3n) is 10.1. The third-order valence-corrected chi connectivity index (χ3v) is 10.1. The molecule has 1 saturated carbocycles. The smallest absolute Gasteiger partial charge is 0.410 e. The third kappa shape index (κ3) is 10.3. The number of imidazole rings is 2. The summed E-state index contributed by atoms with van der Waals surface area (Å²) in [5, 5.41) is 0. The van der Waals surface area contributed by atoms with Crippen molar-refractivity contribution < 1.29 is 38.0 Å². The van der Waals surface area contributed by atoms with Gasteiger partial charge in [-0.15, -0.1) is 0 Å². The number of aromatic nitrogens is 4. The van der Waals surface area contributed by atoms with Gasteiger partial charge in [0.05, 0.1) is 82.7 Å². The number of aromatic amines is 2. The van der Waals surface area contributed by atoms with E-state index in [4.69, 9.17) is 43.1 Å². The molecule has 1 aliphatic carbocycles. The lowest BCUT2D eigenvalue weighted by molar-refractivity contribution is -0.00693. The fourth-order valence-electron chi connectivity index (χ4n) is 7.39. The van der Waals surface area contributed by atoms with E-state index < -0.39 is 5.60 Å². The Hall–Kier alpha value is -4.43. The Morgan fingerprint density at radius 2 is 1.22 bits per heavy atom. The summed E-state index contributed by atoms with van der Waals surface area (Å²) < 4.78 is 41.5. The molecule has 4 aromatic rings. The van der Waals surface area contributed by atoms with Gasteiger partial charge < -0.3 is 43.1 Å². The number of ether oxygens (including phenoxy) is 7. The summed E-state index contributed by atoms with van der Waals surface area (Å²) in [6, 6.07) is 12.2. The van der Waals surface area contributed by atoms with Crippen LogP contribution in [0.15, 0.2) is 48.8 Å². The SMILES string of the molecule is CC(C)(C)OC(=O)N1CCC[C@H]1c1ncc(-c2ccc3cc2OCCOCCOCCOCCOCCOc2cc(-c4cnc(C5CCCC5)[nH]4)ccc2-3)[nH]1. The zero-order chi connectivity index (χ0) is 38.0. The maximum absolute atomic E-state index is 13.1. The standard InChI is InChI=1S/C42H55N5O8/c1-42(2,3)55-41(48)47-14-6-9-36(47)40-44-28-35(46-40)33-13-10-30-25-38(33)54-24-22-52-20-18-50-16-15-49-17-19-51-21-23-53-37-26-31(11-12-32(30)37)34-27-43-39(45-34)29-7-4-5-8-29/h10-13,25-29,36H,4-9,14-24H2,1-3H3,(H,43,45)(H,44,46)/t36-/m0/s1. The summed E-state index contributed by atoms with van der Waals surface area (Å²) >= 11 is 0. The van der Waals surface area contributed by atoms with Gasteiger partial charge in [0.15, 0.2) is 0 Å². The van der Waals surface area contributed by atoms with Crippen molar-refractivity contribution in [3.05, 3.63) is 60.4 Å². The number of benzene rings is 2. The van der Waals surface area contributed by atoms with Crippen LogP contribution in [0.5, 0.6) is 11.5 Å². The molecule has 7 rings (SSSR count). The lowest BCUT2D eigenvalue weighted by Crippen LogP contribution is -2.36. The van der Waals surface area contributed by atoms with Crippen molar-refractivity contribution >= 4 is 6.09 Å². The minimum absolute atomic E-state index is 0.203. The number of nitrogens with zero attached hydrogens (tertiary/aromatic N) is 3. The molecule has 2 bridgehead atoms. The molecule has 55 heavy (non-hydrogen) atoms. The molecule has 1 atom stereocenters. The molecule has 3 aliphatic rings. The first-order valence-electron chi connectivity index (χ1n) is 19.8. The van der Waals surface area contributed by atoms with Crippen LogP contribution in [0.25, 0.3) is 33.6 Å². The molecule has 0 unspecified atom stereocenters. The Balaban J connectivity index is 1.18. The van der Waals surface area contributed by atoms with E-state index >= 15 is 0 Å². The highest BCUT2D eigenvalue weighted by molar-refractivity contribution is 5.80. The maximum atomic E-state index is 13.1. The lowest BCUT2D eigenvalue weighted by Gasteiger charge is -2.27. The van der Waals surface area contributed by atoms with E-state index in [2.05, 4.69) is 34.2 Å². The molecule has 2 N–H and O–H groups in total. The number of H-pyrrole nitrogens is 2. The fraction of sp³-hybridized carbons (Fsp3) is 0.548. The lowest BCUT2D eigenvalue weighted by atomic mass is 9.99. The van der Waals surface area contributed by atoms with Crippen LogP contribution in [0.4, 0.5) is 4.79 Å². The molecule has 13 heteroatoms. The van der Waals surface area contributed by atoms with Gasteiger partial charge in [-0.05, 0) is 76.3 Å². The second-order valence-corrected chi connectivity index (χ2v) is 15.2. The van der Waals surface area contributed by atoms with E-state index in [1.54, 1.807) is 11.1 Å². The van der Waals surface area contributed by atoms with E-state index in [0.717, 1.165) is 63.9 Å². The van der Waals surface area contributed by atoms with E-state index in [0.29, 0.717) is 84.3 Å².